The molecule has 2 aromatic heterocycles. The van der Waals surface area contributed by atoms with Gasteiger partial charge in [-0.15, -0.1) is 0 Å². The zero-order valence-electron chi connectivity index (χ0n) is 27.4. The van der Waals surface area contributed by atoms with E-state index in [1.807, 2.05) is 72.8 Å². The first-order valence-electron chi connectivity index (χ1n) is 17.0. The first kappa shape index (κ1) is 29.0. The van der Waals surface area contributed by atoms with E-state index in [0.29, 0.717) is 28.8 Å². The van der Waals surface area contributed by atoms with Gasteiger partial charge >= 0.3 is 0 Å². The Hall–Kier alpha value is -6.98. The Morgan fingerprint density at radius 2 is 1.02 bits per heavy atom. The maximum atomic E-state index is 6.68. The van der Waals surface area contributed by atoms with Crippen molar-refractivity contribution in [2.45, 2.75) is 0 Å². The van der Waals surface area contributed by atoms with Crippen molar-refractivity contribution in [2.24, 2.45) is 0 Å². The van der Waals surface area contributed by atoms with Crippen LogP contribution in [-0.4, -0.2) is 14.5 Å². The molecule has 9 aromatic rings. The fraction of sp³-hybridized carbons (Fsp3) is 0. The maximum absolute atomic E-state index is 6.68. The van der Waals surface area contributed by atoms with Gasteiger partial charge in [0.25, 0.3) is 0 Å². The molecule has 3 heterocycles. The van der Waals surface area contributed by atoms with E-state index in [0.717, 1.165) is 61.1 Å². The summed E-state index contributed by atoms with van der Waals surface area (Å²) < 4.78 is 15.4. The van der Waals surface area contributed by atoms with Crippen LogP contribution in [-0.2, 0) is 0 Å². The van der Waals surface area contributed by atoms with Crippen LogP contribution in [0.2, 0.25) is 0 Å². The lowest BCUT2D eigenvalue weighted by molar-refractivity contribution is 0.362. The van der Waals surface area contributed by atoms with Crippen LogP contribution in [0.3, 0.4) is 0 Å². The van der Waals surface area contributed by atoms with Crippen molar-refractivity contribution in [1.29, 1.82) is 0 Å². The quantitative estimate of drug-likeness (QED) is 0.185. The van der Waals surface area contributed by atoms with E-state index in [-0.39, 0.29) is 0 Å². The molecule has 5 heteroatoms. The molecule has 0 saturated carbocycles. The molecule has 1 aliphatic heterocycles. The van der Waals surface area contributed by atoms with E-state index >= 15 is 0 Å². The second-order valence-corrected chi connectivity index (χ2v) is 12.6. The standard InChI is InChI=1S/C46H29N3O2/c1-4-13-30(14-5-1)33-23-25-40-37(28-33)36-24-26-43-45(51-42-22-11-10-21-41(42)50-43)44(36)49(40)35-20-12-19-34(27-35)39-29-38(31-15-6-2-7-16-31)47-46(48-39)32-17-8-3-9-18-32/h1-29H. The zero-order chi connectivity index (χ0) is 33.7. The number of nitrogens with zero attached hydrogens (tertiary/aromatic N) is 3. The van der Waals surface area contributed by atoms with Crippen molar-refractivity contribution in [3.63, 3.8) is 0 Å². The van der Waals surface area contributed by atoms with Crippen molar-refractivity contribution in [1.82, 2.24) is 14.5 Å². The van der Waals surface area contributed by atoms with E-state index in [2.05, 4.69) is 108 Å². The van der Waals surface area contributed by atoms with Crippen LogP contribution in [0.1, 0.15) is 0 Å². The fourth-order valence-electron chi connectivity index (χ4n) is 7.04. The average Bonchev–Trinajstić information content (AvgIpc) is 3.55. The van der Waals surface area contributed by atoms with E-state index in [4.69, 9.17) is 19.4 Å². The Morgan fingerprint density at radius 1 is 0.392 bits per heavy atom. The summed E-state index contributed by atoms with van der Waals surface area (Å²) in [7, 11) is 0. The number of rotatable bonds is 5. The lowest BCUT2D eigenvalue weighted by Crippen LogP contribution is -2.02. The van der Waals surface area contributed by atoms with Crippen molar-refractivity contribution >= 4 is 21.8 Å². The molecule has 0 unspecified atom stereocenters. The van der Waals surface area contributed by atoms with Crippen LogP contribution in [0, 0.1) is 0 Å². The SMILES string of the molecule is c1ccc(-c2ccc3c(c2)c2ccc4c(c2n3-c2cccc(-c3cc(-c5ccccc5)nc(-c5ccccc5)n3)c2)Oc2ccccc2O4)cc1. The highest BCUT2D eigenvalue weighted by atomic mass is 16.6. The fourth-order valence-corrected chi connectivity index (χ4v) is 7.04. The monoisotopic (exact) mass is 655 g/mol. The minimum Gasteiger partial charge on any atom is -0.449 e. The number of fused-ring (bicyclic) bond motifs is 6. The number of para-hydroxylation sites is 2. The van der Waals surface area contributed by atoms with Gasteiger partial charge in [-0.2, -0.15) is 0 Å². The topological polar surface area (TPSA) is 49.2 Å². The molecule has 0 bridgehead atoms. The van der Waals surface area contributed by atoms with Gasteiger partial charge < -0.3 is 14.0 Å². The lowest BCUT2D eigenvalue weighted by atomic mass is 10.0. The van der Waals surface area contributed by atoms with Gasteiger partial charge in [0, 0.05) is 33.2 Å². The van der Waals surface area contributed by atoms with Crippen LogP contribution < -0.4 is 9.47 Å². The molecule has 0 atom stereocenters. The van der Waals surface area contributed by atoms with Crippen molar-refractivity contribution in [3.8, 4) is 73.7 Å². The van der Waals surface area contributed by atoms with Crippen LogP contribution in [0.15, 0.2) is 176 Å². The molecule has 5 nitrogen and oxygen atoms in total. The van der Waals surface area contributed by atoms with Gasteiger partial charge in [0.1, 0.15) is 5.52 Å². The summed E-state index contributed by atoms with van der Waals surface area (Å²) in [4.78, 5) is 10.1. The predicted molar refractivity (Wildman–Crippen MR) is 205 cm³/mol. The second kappa shape index (κ2) is 11.9. The molecule has 0 N–H and O–H groups in total. The summed E-state index contributed by atoms with van der Waals surface area (Å²) in [5, 5.41) is 2.21. The van der Waals surface area contributed by atoms with Crippen LogP contribution >= 0.6 is 0 Å². The van der Waals surface area contributed by atoms with E-state index < -0.39 is 0 Å². The molecule has 1 aliphatic rings. The number of ether oxygens (including phenoxy) is 2. The van der Waals surface area contributed by atoms with Gasteiger partial charge in [-0.05, 0) is 65.7 Å². The molecule has 240 valence electrons. The Labute approximate surface area is 294 Å². The Balaban J connectivity index is 1.20. The van der Waals surface area contributed by atoms with Gasteiger partial charge in [0.15, 0.2) is 28.8 Å². The number of hydrogen-bond donors (Lipinski definition) is 0. The zero-order valence-corrected chi connectivity index (χ0v) is 27.4. The Morgan fingerprint density at radius 3 is 1.76 bits per heavy atom. The first-order chi connectivity index (χ1) is 25.3. The molecule has 0 radical (unpaired) electrons. The third-order valence-corrected chi connectivity index (χ3v) is 9.46. The van der Waals surface area contributed by atoms with Gasteiger partial charge in [-0.25, -0.2) is 9.97 Å². The highest BCUT2D eigenvalue weighted by Gasteiger charge is 2.26. The maximum Gasteiger partial charge on any atom is 0.194 e. The van der Waals surface area contributed by atoms with Crippen molar-refractivity contribution < 1.29 is 9.47 Å². The highest BCUT2D eigenvalue weighted by Crippen LogP contribution is 2.51. The summed E-state index contributed by atoms with van der Waals surface area (Å²) in [6.07, 6.45) is 0. The summed E-state index contributed by atoms with van der Waals surface area (Å²) in [6.45, 7) is 0. The number of aromatic nitrogens is 3. The van der Waals surface area contributed by atoms with Gasteiger partial charge in [-0.3, -0.25) is 0 Å². The predicted octanol–water partition coefficient (Wildman–Crippen LogP) is 12.1. The smallest absolute Gasteiger partial charge is 0.194 e. The van der Waals surface area contributed by atoms with Gasteiger partial charge in [-0.1, -0.05) is 121 Å². The Kier molecular flexibility index (Phi) is 6.74. The third-order valence-electron chi connectivity index (χ3n) is 9.46. The molecule has 0 saturated heterocycles. The summed E-state index contributed by atoms with van der Waals surface area (Å²) in [5.74, 6) is 3.44. The Bertz CT molecular complexity index is 2680. The minimum absolute atomic E-state index is 0.681. The molecule has 0 amide bonds. The van der Waals surface area contributed by atoms with E-state index in [1.54, 1.807) is 0 Å². The molecule has 10 rings (SSSR count). The highest BCUT2D eigenvalue weighted by molar-refractivity contribution is 6.13. The summed E-state index contributed by atoms with van der Waals surface area (Å²) in [6, 6.07) is 60.2. The molecule has 0 spiro atoms. The van der Waals surface area contributed by atoms with Crippen LogP contribution in [0.25, 0.3) is 72.5 Å². The normalized spacial score (nSPS) is 11.8. The minimum atomic E-state index is 0.681. The molecule has 51 heavy (non-hydrogen) atoms. The van der Waals surface area contributed by atoms with E-state index in [1.165, 1.54) is 5.56 Å². The number of benzene rings is 7. The third kappa shape index (κ3) is 5.03. The van der Waals surface area contributed by atoms with E-state index in [9.17, 15) is 0 Å². The average molecular weight is 656 g/mol. The first-order valence-corrected chi connectivity index (χ1v) is 17.0. The van der Waals surface area contributed by atoms with Gasteiger partial charge in [0.05, 0.1) is 16.9 Å². The summed E-state index contributed by atoms with van der Waals surface area (Å²) >= 11 is 0. The molecule has 0 aliphatic carbocycles. The van der Waals surface area contributed by atoms with Crippen molar-refractivity contribution in [2.75, 3.05) is 0 Å². The second-order valence-electron chi connectivity index (χ2n) is 12.6. The number of hydrogen-bond acceptors (Lipinski definition) is 4. The van der Waals surface area contributed by atoms with Crippen LogP contribution in [0.5, 0.6) is 23.0 Å². The van der Waals surface area contributed by atoms with Gasteiger partial charge in [0.2, 0.25) is 0 Å². The van der Waals surface area contributed by atoms with Crippen LogP contribution in [0.4, 0.5) is 0 Å². The molecular weight excluding hydrogens is 627 g/mol. The molecule has 7 aromatic carbocycles. The molecular formula is C46H29N3O2. The largest absolute Gasteiger partial charge is 0.449 e. The lowest BCUT2D eigenvalue weighted by Gasteiger charge is -2.22. The molecule has 0 fully saturated rings. The summed E-state index contributed by atoms with van der Waals surface area (Å²) in [5.41, 5.74) is 10.0. The van der Waals surface area contributed by atoms with Crippen molar-refractivity contribution in [3.05, 3.63) is 176 Å².